The summed E-state index contributed by atoms with van der Waals surface area (Å²) in [4.78, 5) is 28.4. The molecular weight excluding hydrogens is 330 g/mol. The molecule has 0 aliphatic carbocycles. The van der Waals surface area contributed by atoms with E-state index < -0.39 is 0 Å². The average Bonchev–Trinajstić information content (AvgIpc) is 3.00. The highest BCUT2D eigenvalue weighted by atomic mass is 35.5. The molecule has 1 unspecified atom stereocenters. The molecule has 0 radical (unpaired) electrons. The molecule has 1 N–H and O–H groups in total. The summed E-state index contributed by atoms with van der Waals surface area (Å²) in [5, 5.41) is 3.50. The van der Waals surface area contributed by atoms with Gasteiger partial charge >= 0.3 is 6.03 Å². The fourth-order valence-corrected chi connectivity index (χ4v) is 3.18. The molecule has 0 spiro atoms. The van der Waals surface area contributed by atoms with Gasteiger partial charge in [0.05, 0.1) is 0 Å². The number of amides is 3. The zero-order chi connectivity index (χ0) is 16.9. The predicted octanol–water partition coefficient (Wildman–Crippen LogP) is 2.59. The lowest BCUT2D eigenvalue weighted by Crippen LogP contribution is -2.42. The van der Waals surface area contributed by atoms with Gasteiger partial charge in [0.2, 0.25) is 0 Å². The molecule has 2 saturated heterocycles. The zero-order valence-corrected chi connectivity index (χ0v) is 14.3. The minimum Gasteiger partial charge on any atom is -0.368 e. The Hall–Kier alpha value is -1.79. The number of hydrogen-bond acceptors (Lipinski definition) is 3. The van der Waals surface area contributed by atoms with Crippen molar-refractivity contribution in [1.29, 1.82) is 0 Å². The van der Waals surface area contributed by atoms with Crippen LogP contribution < -0.4 is 5.32 Å². The molecule has 2 fully saturated rings. The zero-order valence-electron chi connectivity index (χ0n) is 13.5. The molecule has 3 amide bonds. The summed E-state index contributed by atoms with van der Waals surface area (Å²) < 4.78 is 5.48. The van der Waals surface area contributed by atoms with Crippen LogP contribution in [0.1, 0.15) is 19.3 Å². The van der Waals surface area contributed by atoms with Gasteiger partial charge < -0.3 is 19.9 Å². The summed E-state index contributed by atoms with van der Waals surface area (Å²) in [6.07, 6.45) is 2.22. The van der Waals surface area contributed by atoms with E-state index in [1.165, 1.54) is 0 Å². The van der Waals surface area contributed by atoms with Gasteiger partial charge in [-0.3, -0.25) is 4.79 Å². The van der Waals surface area contributed by atoms with E-state index in [0.717, 1.165) is 19.3 Å². The standard InChI is InChI=1S/C17H22ClN3O3/c18-13-4-6-14(7-5-13)19-17(23)21-9-2-8-20(10-11-21)16(22)15-3-1-12-24-15/h4-7,15H,1-3,8-12H2,(H,19,23). The van der Waals surface area contributed by atoms with E-state index in [0.29, 0.717) is 43.5 Å². The van der Waals surface area contributed by atoms with Crippen LogP contribution in [0.15, 0.2) is 24.3 Å². The fraction of sp³-hybridized carbons (Fsp3) is 0.529. The summed E-state index contributed by atoms with van der Waals surface area (Å²) in [6.45, 7) is 3.04. The molecule has 0 aromatic heterocycles. The molecule has 1 aromatic carbocycles. The maximum absolute atomic E-state index is 12.4. The van der Waals surface area contributed by atoms with E-state index in [2.05, 4.69) is 5.32 Å². The second-order valence-electron chi connectivity index (χ2n) is 6.10. The smallest absolute Gasteiger partial charge is 0.321 e. The van der Waals surface area contributed by atoms with E-state index >= 15 is 0 Å². The molecule has 130 valence electrons. The van der Waals surface area contributed by atoms with Crippen molar-refractivity contribution in [3.8, 4) is 0 Å². The molecule has 1 aromatic rings. The Bertz CT molecular complexity index is 587. The average molecular weight is 352 g/mol. The highest BCUT2D eigenvalue weighted by Gasteiger charge is 2.30. The lowest BCUT2D eigenvalue weighted by Gasteiger charge is -2.24. The van der Waals surface area contributed by atoms with Crippen molar-refractivity contribution in [3.05, 3.63) is 29.3 Å². The van der Waals surface area contributed by atoms with Gasteiger partial charge in [-0.2, -0.15) is 0 Å². The Balaban J connectivity index is 1.53. The second-order valence-corrected chi connectivity index (χ2v) is 6.54. The van der Waals surface area contributed by atoms with Gasteiger partial charge in [-0.25, -0.2) is 4.79 Å². The number of carbonyl (C=O) groups excluding carboxylic acids is 2. The maximum atomic E-state index is 12.4. The second kappa shape index (κ2) is 7.85. The first-order valence-corrected chi connectivity index (χ1v) is 8.73. The first-order chi connectivity index (χ1) is 11.6. The first-order valence-electron chi connectivity index (χ1n) is 8.35. The van der Waals surface area contributed by atoms with Crippen LogP contribution in [0.5, 0.6) is 0 Å². The molecule has 0 saturated carbocycles. The third-order valence-electron chi connectivity index (χ3n) is 4.40. The van der Waals surface area contributed by atoms with Crippen LogP contribution in [0.2, 0.25) is 5.02 Å². The van der Waals surface area contributed by atoms with Crippen molar-refractivity contribution in [2.45, 2.75) is 25.4 Å². The maximum Gasteiger partial charge on any atom is 0.321 e. The molecule has 6 nitrogen and oxygen atoms in total. The van der Waals surface area contributed by atoms with E-state index in [9.17, 15) is 9.59 Å². The number of nitrogens with zero attached hydrogens (tertiary/aromatic N) is 2. The van der Waals surface area contributed by atoms with Crippen molar-refractivity contribution >= 4 is 29.2 Å². The quantitative estimate of drug-likeness (QED) is 0.890. The molecule has 2 aliphatic rings. The third-order valence-corrected chi connectivity index (χ3v) is 4.65. The number of urea groups is 1. The molecule has 7 heteroatoms. The van der Waals surface area contributed by atoms with Crippen molar-refractivity contribution in [2.24, 2.45) is 0 Å². The monoisotopic (exact) mass is 351 g/mol. The molecule has 3 rings (SSSR count). The number of hydrogen-bond donors (Lipinski definition) is 1. The predicted molar refractivity (Wildman–Crippen MR) is 92.2 cm³/mol. The van der Waals surface area contributed by atoms with Crippen molar-refractivity contribution < 1.29 is 14.3 Å². The number of anilines is 1. The number of rotatable bonds is 2. The number of ether oxygens (including phenoxy) is 1. The lowest BCUT2D eigenvalue weighted by molar-refractivity contribution is -0.140. The van der Waals surface area contributed by atoms with E-state index in [1.807, 2.05) is 4.90 Å². The van der Waals surface area contributed by atoms with Gasteiger partial charge in [-0.05, 0) is 43.5 Å². The Morgan fingerprint density at radius 1 is 1.04 bits per heavy atom. The summed E-state index contributed by atoms with van der Waals surface area (Å²) >= 11 is 5.85. The highest BCUT2D eigenvalue weighted by Crippen LogP contribution is 2.17. The lowest BCUT2D eigenvalue weighted by atomic mass is 10.2. The van der Waals surface area contributed by atoms with Crippen LogP contribution >= 0.6 is 11.6 Å². The van der Waals surface area contributed by atoms with Crippen molar-refractivity contribution in [2.75, 3.05) is 38.1 Å². The fourth-order valence-electron chi connectivity index (χ4n) is 3.05. The number of nitrogens with one attached hydrogen (secondary N) is 1. The van der Waals surface area contributed by atoms with Gasteiger partial charge in [0, 0.05) is 43.5 Å². The molecule has 1 atom stereocenters. The SMILES string of the molecule is O=C(Nc1ccc(Cl)cc1)N1CCCN(C(=O)C2CCCO2)CC1. The van der Waals surface area contributed by atoms with Gasteiger partial charge in [0.1, 0.15) is 6.10 Å². The van der Waals surface area contributed by atoms with Gasteiger partial charge in [-0.15, -0.1) is 0 Å². The topological polar surface area (TPSA) is 61.9 Å². The minimum absolute atomic E-state index is 0.0625. The van der Waals surface area contributed by atoms with E-state index in [-0.39, 0.29) is 18.0 Å². The Kier molecular flexibility index (Phi) is 5.58. The summed E-state index contributed by atoms with van der Waals surface area (Å²) in [5.74, 6) is 0.0625. The van der Waals surface area contributed by atoms with Crippen LogP contribution in [-0.4, -0.2) is 60.6 Å². The Morgan fingerprint density at radius 2 is 1.75 bits per heavy atom. The van der Waals surface area contributed by atoms with Crippen molar-refractivity contribution in [1.82, 2.24) is 9.80 Å². The Labute approximate surface area is 146 Å². The van der Waals surface area contributed by atoms with Crippen LogP contribution in [0, 0.1) is 0 Å². The number of benzene rings is 1. The van der Waals surface area contributed by atoms with Crippen LogP contribution in [0.25, 0.3) is 0 Å². The molecule has 24 heavy (non-hydrogen) atoms. The highest BCUT2D eigenvalue weighted by molar-refractivity contribution is 6.30. The molecule has 2 aliphatic heterocycles. The summed E-state index contributed by atoms with van der Waals surface area (Å²) in [5.41, 5.74) is 0.709. The Morgan fingerprint density at radius 3 is 2.46 bits per heavy atom. The van der Waals surface area contributed by atoms with Gasteiger partial charge in [0.15, 0.2) is 0 Å². The largest absolute Gasteiger partial charge is 0.368 e. The molecular formula is C17H22ClN3O3. The van der Waals surface area contributed by atoms with E-state index in [4.69, 9.17) is 16.3 Å². The minimum atomic E-state index is -0.292. The van der Waals surface area contributed by atoms with Crippen molar-refractivity contribution in [3.63, 3.8) is 0 Å². The van der Waals surface area contributed by atoms with Crippen LogP contribution in [0.4, 0.5) is 10.5 Å². The number of carbonyl (C=O) groups is 2. The van der Waals surface area contributed by atoms with Crippen LogP contribution in [-0.2, 0) is 9.53 Å². The normalized spacial score (nSPS) is 21.5. The first kappa shape index (κ1) is 17.0. The van der Waals surface area contributed by atoms with E-state index in [1.54, 1.807) is 29.2 Å². The van der Waals surface area contributed by atoms with Gasteiger partial charge in [-0.1, -0.05) is 11.6 Å². The summed E-state index contributed by atoms with van der Waals surface area (Å²) in [7, 11) is 0. The van der Waals surface area contributed by atoms with Gasteiger partial charge in [0.25, 0.3) is 5.91 Å². The summed E-state index contributed by atoms with van der Waals surface area (Å²) in [6, 6.07) is 6.86. The number of halogens is 1. The van der Waals surface area contributed by atoms with Crippen LogP contribution in [0.3, 0.4) is 0 Å². The third kappa shape index (κ3) is 4.19. The molecule has 2 heterocycles. The molecule has 0 bridgehead atoms.